The van der Waals surface area contributed by atoms with Gasteiger partial charge in [-0.15, -0.1) is 0 Å². The van der Waals surface area contributed by atoms with E-state index in [1.165, 1.54) is 6.26 Å². The molecular weight excluding hydrogens is 526 g/mol. The lowest BCUT2D eigenvalue weighted by atomic mass is 10.0. The largest absolute Gasteiger partial charge is 0.493 e. The highest BCUT2D eigenvalue weighted by Gasteiger charge is 2.28. The fraction of sp³-hybridized carbons (Fsp3) is 0.367. The Morgan fingerprint density at radius 1 is 1.05 bits per heavy atom. The van der Waals surface area contributed by atoms with E-state index in [9.17, 15) is 19.2 Å². The van der Waals surface area contributed by atoms with Crippen LogP contribution in [0.25, 0.3) is 0 Å². The predicted octanol–water partition coefficient (Wildman–Crippen LogP) is 2.23. The minimum atomic E-state index is -0.832. The summed E-state index contributed by atoms with van der Waals surface area (Å²) in [6.45, 7) is 2.61. The van der Waals surface area contributed by atoms with Gasteiger partial charge in [-0.2, -0.15) is 0 Å². The van der Waals surface area contributed by atoms with Gasteiger partial charge in [-0.25, -0.2) is 4.98 Å². The highest BCUT2D eigenvalue weighted by atomic mass is 16.5. The first-order valence-corrected chi connectivity index (χ1v) is 13.8. The second-order valence-electron chi connectivity index (χ2n) is 10.3. The van der Waals surface area contributed by atoms with Crippen LogP contribution in [-0.2, 0) is 22.4 Å². The highest BCUT2D eigenvalue weighted by molar-refractivity contribution is 5.98. The van der Waals surface area contributed by atoms with E-state index in [1.807, 2.05) is 30.3 Å². The molecule has 0 fully saturated rings. The number of nitrogens with zero attached hydrogens (tertiary/aromatic N) is 1. The van der Waals surface area contributed by atoms with Gasteiger partial charge in [-0.05, 0) is 55.5 Å². The van der Waals surface area contributed by atoms with Crippen molar-refractivity contribution in [2.45, 2.75) is 57.2 Å². The van der Waals surface area contributed by atoms with Crippen molar-refractivity contribution >= 4 is 23.6 Å². The standard InChI is InChI=1S/C30H33N5O6/c1-18-30-35-24(17-41-30)29(39)34-23(15-19-7-3-2-4-8-19)27(37)31-13-6-5-9-22(28(38)32-18)33-26(36)21-10-11-25-20(16-21)12-14-40-25/h2-4,7-8,10-11,16-18,22-23H,5-6,9,12-15H2,1H3,(H,31,37)(H,32,38)(H,33,36)(H,34,39)/t18-,22-,23-/m0/s1. The Balaban J connectivity index is 1.32. The van der Waals surface area contributed by atoms with E-state index >= 15 is 0 Å². The Kier molecular flexibility index (Phi) is 8.61. The maximum absolute atomic E-state index is 13.3. The fourth-order valence-corrected chi connectivity index (χ4v) is 4.90. The lowest BCUT2D eigenvalue weighted by molar-refractivity contribution is -0.124. The van der Waals surface area contributed by atoms with Crippen LogP contribution < -0.4 is 26.0 Å². The van der Waals surface area contributed by atoms with Crippen molar-refractivity contribution in [1.29, 1.82) is 0 Å². The van der Waals surface area contributed by atoms with E-state index in [0.717, 1.165) is 23.3 Å². The molecule has 0 spiro atoms. The van der Waals surface area contributed by atoms with E-state index < -0.39 is 29.9 Å². The lowest BCUT2D eigenvalue weighted by Crippen LogP contribution is -2.49. The Bertz CT molecular complexity index is 1420. The molecule has 2 aliphatic rings. The van der Waals surface area contributed by atoms with Crippen molar-refractivity contribution in [3.63, 3.8) is 0 Å². The molecule has 11 nitrogen and oxygen atoms in total. The van der Waals surface area contributed by atoms with Crippen molar-refractivity contribution in [3.8, 4) is 5.75 Å². The maximum atomic E-state index is 13.3. The van der Waals surface area contributed by atoms with Crippen LogP contribution >= 0.6 is 0 Å². The van der Waals surface area contributed by atoms with Crippen LogP contribution in [0.1, 0.15) is 70.1 Å². The summed E-state index contributed by atoms with van der Waals surface area (Å²) in [6, 6.07) is 12.3. The second kappa shape index (κ2) is 12.7. The number of oxazole rings is 1. The van der Waals surface area contributed by atoms with Crippen LogP contribution in [0.4, 0.5) is 0 Å². The van der Waals surface area contributed by atoms with Crippen molar-refractivity contribution in [2.24, 2.45) is 0 Å². The fourth-order valence-electron chi connectivity index (χ4n) is 4.90. The zero-order valence-electron chi connectivity index (χ0n) is 22.8. The number of ether oxygens (including phenoxy) is 1. The first kappa shape index (κ1) is 27.9. The molecule has 3 aromatic rings. The molecule has 1 aromatic heterocycles. The number of fused-ring (bicyclic) bond motifs is 3. The molecule has 41 heavy (non-hydrogen) atoms. The third-order valence-electron chi connectivity index (χ3n) is 7.18. The van der Waals surface area contributed by atoms with Gasteiger partial charge in [0.05, 0.1) is 6.61 Å². The molecule has 3 atom stereocenters. The van der Waals surface area contributed by atoms with Crippen molar-refractivity contribution < 1.29 is 28.3 Å². The monoisotopic (exact) mass is 559 g/mol. The molecule has 0 unspecified atom stereocenters. The summed E-state index contributed by atoms with van der Waals surface area (Å²) in [4.78, 5) is 56.6. The van der Waals surface area contributed by atoms with Gasteiger partial charge in [0.25, 0.3) is 11.8 Å². The minimum absolute atomic E-state index is 0.00973. The summed E-state index contributed by atoms with van der Waals surface area (Å²) in [5.74, 6) is -0.762. The van der Waals surface area contributed by atoms with E-state index in [0.29, 0.717) is 44.4 Å². The van der Waals surface area contributed by atoms with Gasteiger partial charge in [0.15, 0.2) is 5.69 Å². The number of carbonyl (C=O) groups is 4. The Morgan fingerprint density at radius 3 is 2.71 bits per heavy atom. The molecule has 4 N–H and O–H groups in total. The van der Waals surface area contributed by atoms with E-state index in [4.69, 9.17) is 9.15 Å². The number of benzene rings is 2. The van der Waals surface area contributed by atoms with Crippen LogP contribution in [0.5, 0.6) is 5.75 Å². The van der Waals surface area contributed by atoms with Crippen LogP contribution in [0.3, 0.4) is 0 Å². The molecule has 4 amide bonds. The van der Waals surface area contributed by atoms with Gasteiger partial charge in [0.2, 0.25) is 17.7 Å². The van der Waals surface area contributed by atoms with Crippen molar-refractivity contribution in [3.05, 3.63) is 83.1 Å². The molecule has 0 saturated carbocycles. The van der Waals surface area contributed by atoms with Gasteiger partial charge in [-0.1, -0.05) is 30.3 Å². The van der Waals surface area contributed by atoms with Gasteiger partial charge >= 0.3 is 0 Å². The third kappa shape index (κ3) is 6.92. The third-order valence-corrected chi connectivity index (χ3v) is 7.18. The van der Waals surface area contributed by atoms with Crippen molar-refractivity contribution in [2.75, 3.05) is 13.2 Å². The summed E-state index contributed by atoms with van der Waals surface area (Å²) in [6.07, 6.45) is 3.72. The number of carbonyl (C=O) groups excluding carboxylic acids is 4. The number of nitrogens with one attached hydrogen (secondary N) is 4. The SMILES string of the molecule is C[C@@H]1NC(=O)[C@@H](NC(=O)c2ccc3c(c2)CCO3)CCCCNC(=O)[C@H](Cc2ccccc2)NC(=O)c2coc1n2. The van der Waals surface area contributed by atoms with Crippen LogP contribution in [0, 0.1) is 0 Å². The number of hydrogen-bond donors (Lipinski definition) is 4. The lowest BCUT2D eigenvalue weighted by Gasteiger charge is -2.21. The summed E-state index contributed by atoms with van der Waals surface area (Å²) in [7, 11) is 0. The van der Waals surface area contributed by atoms with E-state index in [1.54, 1.807) is 25.1 Å². The van der Waals surface area contributed by atoms with Crippen LogP contribution in [0.15, 0.2) is 59.2 Å². The summed E-state index contributed by atoms with van der Waals surface area (Å²) in [5.41, 5.74) is 2.29. The molecule has 2 bridgehead atoms. The van der Waals surface area contributed by atoms with Crippen LogP contribution in [-0.4, -0.2) is 53.8 Å². The summed E-state index contributed by atoms with van der Waals surface area (Å²) in [5, 5.41) is 11.3. The molecule has 0 radical (unpaired) electrons. The molecule has 2 aliphatic heterocycles. The van der Waals surface area contributed by atoms with Gasteiger partial charge < -0.3 is 30.4 Å². The molecule has 214 valence electrons. The Morgan fingerprint density at radius 2 is 1.88 bits per heavy atom. The van der Waals surface area contributed by atoms with Crippen LogP contribution in [0.2, 0.25) is 0 Å². The Labute approximate surface area is 237 Å². The summed E-state index contributed by atoms with van der Waals surface area (Å²) >= 11 is 0. The number of amides is 4. The van der Waals surface area contributed by atoms with E-state index in [2.05, 4.69) is 26.3 Å². The first-order chi connectivity index (χ1) is 19.9. The summed E-state index contributed by atoms with van der Waals surface area (Å²) < 4.78 is 11.0. The smallest absolute Gasteiger partial charge is 0.273 e. The normalized spacial score (nSPS) is 21.6. The van der Waals surface area contributed by atoms with Gasteiger partial charge in [-0.3, -0.25) is 19.2 Å². The molecule has 0 aliphatic carbocycles. The number of rotatable bonds is 4. The quantitative estimate of drug-likeness (QED) is 0.383. The molecular formula is C30H33N5O6. The average molecular weight is 560 g/mol. The molecule has 5 rings (SSSR count). The number of hydrogen-bond acceptors (Lipinski definition) is 7. The second-order valence-corrected chi connectivity index (χ2v) is 10.3. The number of aromatic nitrogens is 1. The van der Waals surface area contributed by atoms with Gasteiger partial charge in [0, 0.05) is 24.9 Å². The molecule has 0 saturated heterocycles. The zero-order chi connectivity index (χ0) is 28.8. The molecule has 3 heterocycles. The van der Waals surface area contributed by atoms with Gasteiger partial charge in [0.1, 0.15) is 30.1 Å². The first-order valence-electron chi connectivity index (χ1n) is 13.8. The average Bonchev–Trinajstić information content (AvgIpc) is 3.66. The minimum Gasteiger partial charge on any atom is -0.493 e. The molecule has 2 aromatic carbocycles. The molecule has 11 heteroatoms. The zero-order valence-corrected chi connectivity index (χ0v) is 22.8. The van der Waals surface area contributed by atoms with Crippen molar-refractivity contribution in [1.82, 2.24) is 26.3 Å². The maximum Gasteiger partial charge on any atom is 0.273 e. The Hall–Kier alpha value is -4.67. The highest BCUT2D eigenvalue weighted by Crippen LogP contribution is 2.26. The predicted molar refractivity (Wildman–Crippen MR) is 148 cm³/mol. The van der Waals surface area contributed by atoms with E-state index in [-0.39, 0.29) is 23.4 Å². The topological polar surface area (TPSA) is 152 Å².